The van der Waals surface area contributed by atoms with Gasteiger partial charge in [-0.3, -0.25) is 0 Å². The molecule has 4 aromatic carbocycles. The zero-order valence-corrected chi connectivity index (χ0v) is 42.4. The van der Waals surface area contributed by atoms with Gasteiger partial charge in [-0.25, -0.2) is 28.0 Å². The number of likely N-dealkylation sites (tertiary alicyclic amines) is 2. The van der Waals surface area contributed by atoms with Gasteiger partial charge >= 0.3 is 24.0 Å². The normalized spacial score (nSPS) is 15.2. The predicted molar refractivity (Wildman–Crippen MR) is 270 cm³/mol. The van der Waals surface area contributed by atoms with Crippen LogP contribution in [0.3, 0.4) is 0 Å². The number of carboxylic acids is 2. The summed E-state index contributed by atoms with van der Waals surface area (Å²) in [6, 6.07) is 28.7. The van der Waals surface area contributed by atoms with E-state index in [-0.39, 0.29) is 35.8 Å². The summed E-state index contributed by atoms with van der Waals surface area (Å²) >= 11 is 0. The molecular weight excluding hydrogens is 931 g/mol. The molecule has 0 spiro atoms. The highest BCUT2D eigenvalue weighted by Crippen LogP contribution is 2.22. The Morgan fingerprint density at radius 3 is 1.11 bits per heavy atom. The molecule has 0 radical (unpaired) electrons. The number of benzene rings is 4. The van der Waals surface area contributed by atoms with E-state index < -0.39 is 24.1 Å². The lowest BCUT2D eigenvalue weighted by molar-refractivity contribution is -0.165. The summed E-state index contributed by atoms with van der Waals surface area (Å²) < 4.78 is 38.0. The zero-order chi connectivity index (χ0) is 52.7. The largest absolute Gasteiger partial charge is 0.493 e. The standard InChI is InChI=1S/2C25H34FN3O2.C4H6O6/c2*1-19(2)18-31-24-10-6-20(7-11-24)16-27-25(30)29(23-12-14-28(3)15-13-23)17-21-4-8-22(26)9-5-21;5-1(3(7)8)2(6)4(9)10/h2*4-11,19,23H,12-18H2,1-3H3,(H,27,30);1-2,5-6H,(H,7,8)(H,9,10)/t;;1-,2?/m..1/s1. The van der Waals surface area contributed by atoms with E-state index >= 15 is 0 Å². The van der Waals surface area contributed by atoms with Crippen molar-refractivity contribution in [3.63, 3.8) is 0 Å². The first kappa shape index (κ1) is 58.2. The van der Waals surface area contributed by atoms with Crippen molar-refractivity contribution in [3.05, 3.63) is 131 Å². The van der Waals surface area contributed by atoms with E-state index in [1.807, 2.05) is 58.3 Å². The Morgan fingerprint density at radius 1 is 0.542 bits per heavy atom. The van der Waals surface area contributed by atoms with Crippen LogP contribution in [-0.2, 0) is 35.8 Å². The number of piperidine rings is 2. The molecule has 2 fully saturated rings. The first-order valence-corrected chi connectivity index (χ1v) is 24.5. The minimum Gasteiger partial charge on any atom is -0.493 e. The molecule has 0 aliphatic carbocycles. The minimum absolute atomic E-state index is 0.0842. The summed E-state index contributed by atoms with van der Waals surface area (Å²) in [6.07, 6.45) is -0.782. The second-order valence-corrected chi connectivity index (χ2v) is 19.2. The highest BCUT2D eigenvalue weighted by molar-refractivity contribution is 5.83. The van der Waals surface area contributed by atoms with Gasteiger partial charge in [-0.15, -0.1) is 0 Å². The molecule has 18 heteroatoms. The van der Waals surface area contributed by atoms with E-state index in [1.54, 1.807) is 24.3 Å². The Kier molecular flexibility index (Phi) is 24.2. The van der Waals surface area contributed by atoms with Crippen LogP contribution in [0.5, 0.6) is 11.5 Å². The molecule has 72 heavy (non-hydrogen) atoms. The highest BCUT2D eigenvalue weighted by atomic mass is 19.1. The number of carbonyl (C=O) groups is 4. The average molecular weight is 1010 g/mol. The molecule has 2 saturated heterocycles. The lowest BCUT2D eigenvalue weighted by atomic mass is 10.0. The van der Waals surface area contributed by atoms with E-state index in [0.717, 1.165) is 85.6 Å². The highest BCUT2D eigenvalue weighted by Gasteiger charge is 2.30. The first-order chi connectivity index (χ1) is 34.3. The third kappa shape index (κ3) is 20.8. The molecule has 394 valence electrons. The monoisotopic (exact) mass is 1000 g/mol. The van der Waals surface area contributed by atoms with Gasteiger partial charge in [0.05, 0.1) is 13.2 Å². The molecule has 0 bridgehead atoms. The van der Waals surface area contributed by atoms with Gasteiger partial charge in [-0.1, -0.05) is 76.2 Å². The number of carbonyl (C=O) groups excluding carboxylic acids is 2. The Labute approximate surface area is 422 Å². The van der Waals surface area contributed by atoms with Crippen molar-refractivity contribution in [2.24, 2.45) is 11.8 Å². The van der Waals surface area contributed by atoms with E-state index in [9.17, 15) is 28.0 Å². The lowest BCUT2D eigenvalue weighted by Gasteiger charge is -2.37. The van der Waals surface area contributed by atoms with Gasteiger partial charge in [0, 0.05) is 38.3 Å². The minimum atomic E-state index is -2.27. The van der Waals surface area contributed by atoms with Crippen molar-refractivity contribution in [1.82, 2.24) is 30.2 Å². The second-order valence-electron chi connectivity index (χ2n) is 19.2. The molecule has 2 aliphatic heterocycles. The number of nitrogens with one attached hydrogen (secondary N) is 2. The van der Waals surface area contributed by atoms with Crippen molar-refractivity contribution in [1.29, 1.82) is 0 Å². The zero-order valence-electron chi connectivity index (χ0n) is 42.4. The SMILES string of the molecule is CC(C)COc1ccc(CNC(=O)N(Cc2ccc(F)cc2)C2CCN(C)CC2)cc1.CC(C)COc1ccc(CNC(=O)N(Cc2ccc(F)cc2)C2CCN(C)CC2)cc1.O=C(O)C(O)[C@@H](O)C(=O)O. The molecule has 0 saturated carbocycles. The maximum Gasteiger partial charge on any atom is 0.335 e. The predicted octanol–water partition coefficient (Wildman–Crippen LogP) is 7.21. The smallest absolute Gasteiger partial charge is 0.335 e. The number of hydrogen-bond acceptors (Lipinski definition) is 10. The molecule has 6 N–H and O–H groups in total. The summed E-state index contributed by atoms with van der Waals surface area (Å²) in [5.41, 5.74) is 3.91. The van der Waals surface area contributed by atoms with Gasteiger partial charge in [0.25, 0.3) is 0 Å². The Bertz CT molecular complexity index is 2080. The number of aliphatic hydroxyl groups is 2. The van der Waals surface area contributed by atoms with Crippen LogP contribution in [-0.4, -0.2) is 142 Å². The molecule has 2 aliphatic rings. The van der Waals surface area contributed by atoms with Crippen LogP contribution in [0.1, 0.15) is 75.6 Å². The molecule has 2 heterocycles. The summed E-state index contributed by atoms with van der Waals surface area (Å²) in [4.78, 5) is 54.2. The Balaban J connectivity index is 0.000000263. The summed E-state index contributed by atoms with van der Waals surface area (Å²) in [5, 5.41) is 38.7. The van der Waals surface area contributed by atoms with Gasteiger partial charge in [-0.2, -0.15) is 0 Å². The fraction of sp³-hybridized carbons (Fsp3) is 0.481. The number of aliphatic carboxylic acids is 2. The third-order valence-corrected chi connectivity index (χ3v) is 12.0. The lowest BCUT2D eigenvalue weighted by Crippen LogP contribution is -2.49. The van der Waals surface area contributed by atoms with Crippen LogP contribution in [0.25, 0.3) is 0 Å². The summed E-state index contributed by atoms with van der Waals surface area (Å²) in [5.74, 6) is -1.43. The maximum absolute atomic E-state index is 13.3. The quantitative estimate of drug-likeness (QED) is 0.0552. The third-order valence-electron chi connectivity index (χ3n) is 12.0. The number of ether oxygens (including phenoxy) is 2. The number of hydrogen-bond donors (Lipinski definition) is 6. The van der Waals surface area contributed by atoms with Crippen LogP contribution in [0.15, 0.2) is 97.1 Å². The van der Waals surface area contributed by atoms with Crippen molar-refractivity contribution in [2.75, 3.05) is 53.5 Å². The molecule has 16 nitrogen and oxygen atoms in total. The number of urea groups is 2. The summed E-state index contributed by atoms with van der Waals surface area (Å²) in [6.45, 7) is 15.6. The molecule has 2 atom stereocenters. The fourth-order valence-electron chi connectivity index (χ4n) is 7.68. The number of halogens is 2. The molecule has 4 aromatic rings. The van der Waals surface area contributed by atoms with E-state index in [0.29, 0.717) is 51.2 Å². The maximum atomic E-state index is 13.3. The number of rotatable bonds is 19. The van der Waals surface area contributed by atoms with Crippen molar-refractivity contribution >= 4 is 24.0 Å². The van der Waals surface area contributed by atoms with Crippen LogP contribution >= 0.6 is 0 Å². The summed E-state index contributed by atoms with van der Waals surface area (Å²) in [7, 11) is 4.21. The number of amides is 4. The van der Waals surface area contributed by atoms with Crippen LogP contribution in [0.2, 0.25) is 0 Å². The number of nitrogens with zero attached hydrogens (tertiary/aromatic N) is 4. The van der Waals surface area contributed by atoms with Crippen LogP contribution in [0, 0.1) is 23.5 Å². The van der Waals surface area contributed by atoms with Crippen molar-refractivity contribution in [3.8, 4) is 11.5 Å². The average Bonchev–Trinajstić information content (AvgIpc) is 3.36. The van der Waals surface area contributed by atoms with Crippen LogP contribution < -0.4 is 20.1 Å². The van der Waals surface area contributed by atoms with Gasteiger partial charge in [0.1, 0.15) is 23.1 Å². The Hall–Kier alpha value is -6.34. The molecule has 6 rings (SSSR count). The van der Waals surface area contributed by atoms with E-state index in [1.165, 1.54) is 24.3 Å². The van der Waals surface area contributed by atoms with Crippen LogP contribution in [0.4, 0.5) is 18.4 Å². The van der Waals surface area contributed by atoms with E-state index in [4.69, 9.17) is 29.9 Å². The van der Waals surface area contributed by atoms with Gasteiger partial charge in [0.15, 0.2) is 12.2 Å². The second kappa shape index (κ2) is 29.9. The van der Waals surface area contributed by atoms with Crippen molar-refractivity contribution < 1.29 is 57.9 Å². The van der Waals surface area contributed by atoms with Gasteiger partial charge < -0.3 is 60.1 Å². The number of aliphatic hydroxyl groups excluding tert-OH is 2. The number of carboxylic acid groups (broad SMARTS) is 2. The molecule has 0 aromatic heterocycles. The molecule has 4 amide bonds. The topological polar surface area (TPSA) is 205 Å². The molecule has 1 unspecified atom stereocenters. The fourth-order valence-corrected chi connectivity index (χ4v) is 7.68. The first-order valence-electron chi connectivity index (χ1n) is 24.5. The van der Waals surface area contributed by atoms with E-state index in [2.05, 4.69) is 62.2 Å². The van der Waals surface area contributed by atoms with Gasteiger partial charge in [-0.05, 0) is 149 Å². The van der Waals surface area contributed by atoms with Gasteiger partial charge in [0.2, 0.25) is 0 Å². The Morgan fingerprint density at radius 2 is 0.833 bits per heavy atom. The van der Waals surface area contributed by atoms with Crippen molar-refractivity contribution in [2.45, 2.75) is 104 Å². The molecular formula is C54H74F2N6O10.